The van der Waals surface area contributed by atoms with E-state index in [1.165, 1.54) is 0 Å². The quantitative estimate of drug-likeness (QED) is 0.833. The molecule has 0 amide bonds. The van der Waals surface area contributed by atoms with Gasteiger partial charge in [0.15, 0.2) is 0 Å². The van der Waals surface area contributed by atoms with Crippen LogP contribution in [0.2, 0.25) is 0 Å². The maximum absolute atomic E-state index is 11.3. The Hall–Kier alpha value is -1.31. The maximum Gasteiger partial charge on any atom is 0.310 e. The van der Waals surface area contributed by atoms with E-state index in [9.17, 15) is 9.90 Å². The van der Waals surface area contributed by atoms with Gasteiger partial charge in [0, 0.05) is 0 Å². The summed E-state index contributed by atoms with van der Waals surface area (Å²) >= 11 is 0. The first-order valence-corrected chi connectivity index (χ1v) is 6.18. The molecule has 0 aliphatic rings. The smallest absolute Gasteiger partial charge is 0.310 e. The van der Waals surface area contributed by atoms with Crippen molar-refractivity contribution in [2.45, 2.75) is 46.0 Å². The standard InChI is InChI=1S/C15H22O2/c1-15(2,3)11-7-10-13(14(16)17)12-8-5-4-6-9-12/h4-6,8-9,13H,7,10-11H2,1-3H3,(H,16,17)/t13-/m0/s1. The van der Waals surface area contributed by atoms with Crippen LogP contribution in [0.25, 0.3) is 0 Å². The highest BCUT2D eigenvalue weighted by Gasteiger charge is 2.20. The highest BCUT2D eigenvalue weighted by molar-refractivity contribution is 5.75. The average molecular weight is 234 g/mol. The monoisotopic (exact) mass is 234 g/mol. The van der Waals surface area contributed by atoms with Crippen LogP contribution in [0.4, 0.5) is 0 Å². The van der Waals surface area contributed by atoms with Crippen molar-refractivity contribution in [2.75, 3.05) is 0 Å². The predicted octanol–water partition coefficient (Wildman–Crippen LogP) is 4.07. The lowest BCUT2D eigenvalue weighted by Gasteiger charge is -2.19. The fourth-order valence-corrected chi connectivity index (χ4v) is 1.95. The number of hydrogen-bond acceptors (Lipinski definition) is 1. The lowest BCUT2D eigenvalue weighted by atomic mass is 9.86. The summed E-state index contributed by atoms with van der Waals surface area (Å²) in [5.41, 5.74) is 1.19. The van der Waals surface area contributed by atoms with Crippen molar-refractivity contribution in [3.05, 3.63) is 35.9 Å². The van der Waals surface area contributed by atoms with Gasteiger partial charge in [-0.25, -0.2) is 0 Å². The lowest BCUT2D eigenvalue weighted by molar-refractivity contribution is -0.139. The Labute approximate surface area is 104 Å². The van der Waals surface area contributed by atoms with Crippen LogP contribution in [0.5, 0.6) is 0 Å². The molecule has 1 rings (SSSR count). The van der Waals surface area contributed by atoms with Crippen molar-refractivity contribution in [1.82, 2.24) is 0 Å². The molecule has 0 bridgehead atoms. The normalized spacial score (nSPS) is 13.4. The van der Waals surface area contributed by atoms with Gasteiger partial charge in [-0.2, -0.15) is 0 Å². The van der Waals surface area contributed by atoms with Crippen LogP contribution in [0, 0.1) is 5.41 Å². The topological polar surface area (TPSA) is 37.3 Å². The first kappa shape index (κ1) is 13.8. The van der Waals surface area contributed by atoms with Gasteiger partial charge in [-0.1, -0.05) is 57.5 Å². The minimum atomic E-state index is -0.717. The molecule has 17 heavy (non-hydrogen) atoms. The second-order valence-electron chi connectivity index (χ2n) is 5.75. The fourth-order valence-electron chi connectivity index (χ4n) is 1.95. The van der Waals surface area contributed by atoms with Crippen molar-refractivity contribution in [3.63, 3.8) is 0 Å². The molecule has 0 aromatic heterocycles. The third kappa shape index (κ3) is 5.03. The Kier molecular flexibility index (Phi) is 4.73. The van der Waals surface area contributed by atoms with E-state index in [1.807, 2.05) is 30.3 Å². The third-order valence-electron chi connectivity index (χ3n) is 2.92. The summed E-state index contributed by atoms with van der Waals surface area (Å²) < 4.78 is 0. The van der Waals surface area contributed by atoms with Crippen molar-refractivity contribution >= 4 is 5.97 Å². The van der Waals surface area contributed by atoms with Gasteiger partial charge in [-0.15, -0.1) is 0 Å². The third-order valence-corrected chi connectivity index (χ3v) is 2.92. The molecule has 2 nitrogen and oxygen atoms in total. The molecular weight excluding hydrogens is 212 g/mol. The van der Waals surface area contributed by atoms with E-state index in [4.69, 9.17) is 0 Å². The highest BCUT2D eigenvalue weighted by atomic mass is 16.4. The minimum Gasteiger partial charge on any atom is -0.481 e. The molecule has 0 aliphatic carbocycles. The summed E-state index contributed by atoms with van der Waals surface area (Å²) in [5.74, 6) is -1.08. The molecule has 0 radical (unpaired) electrons. The van der Waals surface area contributed by atoms with Crippen LogP contribution in [-0.4, -0.2) is 11.1 Å². The van der Waals surface area contributed by atoms with Gasteiger partial charge in [-0.05, 0) is 23.8 Å². The molecule has 0 unspecified atom stereocenters. The van der Waals surface area contributed by atoms with E-state index in [0.717, 1.165) is 24.8 Å². The lowest BCUT2D eigenvalue weighted by Crippen LogP contribution is -2.13. The SMILES string of the molecule is CC(C)(C)CCC[C@H](C(=O)O)c1ccccc1. The van der Waals surface area contributed by atoms with Crippen molar-refractivity contribution in [3.8, 4) is 0 Å². The van der Waals surface area contributed by atoms with E-state index in [2.05, 4.69) is 20.8 Å². The van der Waals surface area contributed by atoms with Crippen LogP contribution < -0.4 is 0 Å². The van der Waals surface area contributed by atoms with Crippen molar-refractivity contribution in [1.29, 1.82) is 0 Å². The van der Waals surface area contributed by atoms with Crippen LogP contribution in [-0.2, 0) is 4.79 Å². The second kappa shape index (κ2) is 5.85. The predicted molar refractivity (Wildman–Crippen MR) is 70.1 cm³/mol. The van der Waals surface area contributed by atoms with Gasteiger partial charge in [0.2, 0.25) is 0 Å². The molecule has 0 saturated heterocycles. The Morgan fingerprint density at radius 3 is 2.29 bits per heavy atom. The minimum absolute atomic E-state index is 0.278. The number of aliphatic carboxylic acids is 1. The molecule has 1 N–H and O–H groups in total. The summed E-state index contributed by atoms with van der Waals surface area (Å²) in [4.78, 5) is 11.3. The van der Waals surface area contributed by atoms with Gasteiger partial charge in [0.1, 0.15) is 0 Å². The number of carboxylic acid groups (broad SMARTS) is 1. The van der Waals surface area contributed by atoms with Crippen LogP contribution in [0.15, 0.2) is 30.3 Å². The highest BCUT2D eigenvalue weighted by Crippen LogP contribution is 2.27. The van der Waals surface area contributed by atoms with Gasteiger partial charge in [-0.3, -0.25) is 4.79 Å². The van der Waals surface area contributed by atoms with Crippen LogP contribution in [0.1, 0.15) is 51.5 Å². The summed E-state index contributed by atoms with van der Waals surface area (Å²) in [7, 11) is 0. The zero-order valence-electron chi connectivity index (χ0n) is 10.9. The summed E-state index contributed by atoms with van der Waals surface area (Å²) in [6, 6.07) is 9.51. The maximum atomic E-state index is 11.3. The molecule has 0 saturated carbocycles. The fraction of sp³-hybridized carbons (Fsp3) is 0.533. The largest absolute Gasteiger partial charge is 0.481 e. The molecular formula is C15H22O2. The summed E-state index contributed by atoms with van der Waals surface area (Å²) in [6.07, 6.45) is 2.73. The zero-order chi connectivity index (χ0) is 12.9. The molecule has 94 valence electrons. The first-order valence-electron chi connectivity index (χ1n) is 6.18. The Morgan fingerprint density at radius 1 is 1.24 bits per heavy atom. The first-order chi connectivity index (χ1) is 7.90. The molecule has 2 heteroatoms. The zero-order valence-corrected chi connectivity index (χ0v) is 10.9. The number of carbonyl (C=O) groups is 1. The Balaban J connectivity index is 2.60. The van der Waals surface area contributed by atoms with Gasteiger partial charge < -0.3 is 5.11 Å². The molecule has 0 aliphatic heterocycles. The molecule has 0 heterocycles. The second-order valence-corrected chi connectivity index (χ2v) is 5.75. The van der Waals surface area contributed by atoms with Crippen LogP contribution >= 0.6 is 0 Å². The number of carboxylic acids is 1. The molecule has 1 atom stereocenters. The van der Waals surface area contributed by atoms with E-state index in [1.54, 1.807) is 0 Å². The summed E-state index contributed by atoms with van der Waals surface area (Å²) in [6.45, 7) is 6.56. The van der Waals surface area contributed by atoms with E-state index in [0.29, 0.717) is 0 Å². The van der Waals surface area contributed by atoms with Gasteiger partial charge >= 0.3 is 5.97 Å². The average Bonchev–Trinajstić information content (AvgIpc) is 2.23. The number of benzene rings is 1. The molecule has 1 aromatic carbocycles. The number of rotatable bonds is 5. The van der Waals surface area contributed by atoms with E-state index < -0.39 is 5.97 Å². The molecule has 1 aromatic rings. The van der Waals surface area contributed by atoms with Crippen LogP contribution in [0.3, 0.4) is 0 Å². The van der Waals surface area contributed by atoms with E-state index >= 15 is 0 Å². The van der Waals surface area contributed by atoms with Crippen molar-refractivity contribution < 1.29 is 9.90 Å². The van der Waals surface area contributed by atoms with Gasteiger partial charge in [0.05, 0.1) is 5.92 Å². The summed E-state index contributed by atoms with van der Waals surface area (Å²) in [5, 5.41) is 9.26. The Bertz CT molecular complexity index is 349. The van der Waals surface area contributed by atoms with Crippen molar-refractivity contribution in [2.24, 2.45) is 5.41 Å². The molecule has 0 spiro atoms. The molecule has 0 fully saturated rings. The van der Waals surface area contributed by atoms with Gasteiger partial charge in [0.25, 0.3) is 0 Å². The Morgan fingerprint density at radius 2 is 1.82 bits per heavy atom. The number of hydrogen-bond donors (Lipinski definition) is 1. The van der Waals surface area contributed by atoms with E-state index in [-0.39, 0.29) is 11.3 Å².